The average molecular weight is 239 g/mol. The summed E-state index contributed by atoms with van der Waals surface area (Å²) >= 11 is 0. The van der Waals surface area contributed by atoms with E-state index in [0.29, 0.717) is 0 Å². The highest BCUT2D eigenvalue weighted by Crippen LogP contribution is 1.99. The van der Waals surface area contributed by atoms with Crippen LogP contribution in [0, 0.1) is 0 Å². The standard InChI is InChI=1S/C11H13NO5/c1-2-3-6-17-11(16)7-4-5-8(10(14)15)12-9(7)13/h4-5H,2-3,6H2,1H3,(H,12,13)(H,14,15). The molecule has 0 unspecified atom stereocenters. The maximum atomic E-state index is 11.4. The van der Waals surface area contributed by atoms with E-state index in [1.807, 2.05) is 6.92 Å². The van der Waals surface area contributed by atoms with Gasteiger partial charge in [-0.05, 0) is 18.6 Å². The topological polar surface area (TPSA) is 96.5 Å². The van der Waals surface area contributed by atoms with E-state index in [2.05, 4.69) is 4.98 Å². The van der Waals surface area contributed by atoms with Gasteiger partial charge in [0.05, 0.1) is 6.61 Å². The van der Waals surface area contributed by atoms with Gasteiger partial charge in [0, 0.05) is 0 Å². The molecule has 0 radical (unpaired) electrons. The van der Waals surface area contributed by atoms with Crippen molar-refractivity contribution in [1.29, 1.82) is 0 Å². The third-order valence-electron chi connectivity index (χ3n) is 2.09. The number of rotatable bonds is 5. The molecule has 0 bridgehead atoms. The largest absolute Gasteiger partial charge is 0.477 e. The van der Waals surface area contributed by atoms with Gasteiger partial charge >= 0.3 is 11.9 Å². The lowest BCUT2D eigenvalue weighted by Crippen LogP contribution is -2.22. The maximum absolute atomic E-state index is 11.4. The summed E-state index contributed by atoms with van der Waals surface area (Å²) in [5, 5.41) is 8.63. The predicted octanol–water partition coefficient (Wildman–Crippen LogP) is 1.03. The predicted molar refractivity (Wildman–Crippen MR) is 59.2 cm³/mol. The van der Waals surface area contributed by atoms with Crippen LogP contribution in [0.1, 0.15) is 40.6 Å². The molecular weight excluding hydrogens is 226 g/mol. The van der Waals surface area contributed by atoms with E-state index in [4.69, 9.17) is 9.84 Å². The maximum Gasteiger partial charge on any atom is 0.352 e. The summed E-state index contributed by atoms with van der Waals surface area (Å²) in [5.74, 6) is -2.00. The third-order valence-corrected chi connectivity index (χ3v) is 2.09. The molecule has 0 amide bonds. The van der Waals surface area contributed by atoms with Crippen molar-refractivity contribution in [1.82, 2.24) is 4.98 Å². The molecule has 0 spiro atoms. The first-order chi connectivity index (χ1) is 8.06. The van der Waals surface area contributed by atoms with Crippen LogP contribution in [0.15, 0.2) is 16.9 Å². The molecule has 17 heavy (non-hydrogen) atoms. The van der Waals surface area contributed by atoms with E-state index in [1.54, 1.807) is 0 Å². The lowest BCUT2D eigenvalue weighted by molar-refractivity contribution is 0.0496. The molecule has 0 aromatic carbocycles. The molecule has 2 N–H and O–H groups in total. The molecule has 1 heterocycles. The van der Waals surface area contributed by atoms with Crippen molar-refractivity contribution in [3.63, 3.8) is 0 Å². The van der Waals surface area contributed by atoms with Crippen LogP contribution >= 0.6 is 0 Å². The number of hydrogen-bond acceptors (Lipinski definition) is 4. The van der Waals surface area contributed by atoms with E-state index in [0.717, 1.165) is 25.0 Å². The molecule has 0 saturated heterocycles. The number of hydrogen-bond donors (Lipinski definition) is 2. The van der Waals surface area contributed by atoms with E-state index in [-0.39, 0.29) is 17.9 Å². The highest BCUT2D eigenvalue weighted by Gasteiger charge is 2.13. The van der Waals surface area contributed by atoms with E-state index in [9.17, 15) is 14.4 Å². The Balaban J connectivity index is 2.82. The molecular formula is C11H13NO5. The van der Waals surface area contributed by atoms with Crippen LogP contribution in [0.2, 0.25) is 0 Å². The summed E-state index contributed by atoms with van der Waals surface area (Å²) in [6, 6.07) is 2.30. The minimum absolute atomic E-state index is 0.189. The smallest absolute Gasteiger partial charge is 0.352 e. The Morgan fingerprint density at radius 2 is 2.12 bits per heavy atom. The van der Waals surface area contributed by atoms with E-state index in [1.165, 1.54) is 0 Å². The zero-order valence-corrected chi connectivity index (χ0v) is 9.36. The van der Waals surface area contributed by atoms with Crippen LogP contribution < -0.4 is 5.56 Å². The van der Waals surface area contributed by atoms with Gasteiger partial charge in [0.25, 0.3) is 5.56 Å². The molecule has 6 heteroatoms. The lowest BCUT2D eigenvalue weighted by atomic mass is 10.2. The van der Waals surface area contributed by atoms with Crippen molar-refractivity contribution in [2.24, 2.45) is 0 Å². The number of nitrogens with one attached hydrogen (secondary N) is 1. The quantitative estimate of drug-likeness (QED) is 0.591. The van der Waals surface area contributed by atoms with Crippen LogP contribution in [0.3, 0.4) is 0 Å². The van der Waals surface area contributed by atoms with E-state index >= 15 is 0 Å². The first-order valence-corrected chi connectivity index (χ1v) is 5.20. The van der Waals surface area contributed by atoms with E-state index < -0.39 is 17.5 Å². The monoisotopic (exact) mass is 239 g/mol. The van der Waals surface area contributed by atoms with Crippen molar-refractivity contribution in [3.05, 3.63) is 33.7 Å². The molecule has 1 aromatic rings. The first kappa shape index (κ1) is 13.0. The van der Waals surface area contributed by atoms with Gasteiger partial charge in [-0.15, -0.1) is 0 Å². The highest BCUT2D eigenvalue weighted by atomic mass is 16.5. The Kier molecular flexibility index (Phi) is 4.45. The van der Waals surface area contributed by atoms with Crippen LogP contribution in [0.5, 0.6) is 0 Å². The van der Waals surface area contributed by atoms with Gasteiger partial charge in [-0.25, -0.2) is 9.59 Å². The molecule has 0 aliphatic rings. The average Bonchev–Trinajstić information content (AvgIpc) is 2.28. The summed E-state index contributed by atoms with van der Waals surface area (Å²) in [6.07, 6.45) is 1.60. The number of esters is 1. The molecule has 0 aliphatic heterocycles. The van der Waals surface area contributed by atoms with Gasteiger partial charge in [-0.1, -0.05) is 13.3 Å². The van der Waals surface area contributed by atoms with Crippen LogP contribution in [-0.2, 0) is 4.74 Å². The number of H-pyrrole nitrogens is 1. The number of ether oxygens (including phenoxy) is 1. The second-order valence-electron chi connectivity index (χ2n) is 3.41. The van der Waals surface area contributed by atoms with Gasteiger partial charge in [0.2, 0.25) is 0 Å². The molecule has 0 atom stereocenters. The third kappa shape index (κ3) is 3.44. The Hall–Kier alpha value is -2.11. The number of carbonyl (C=O) groups is 2. The molecule has 1 aromatic heterocycles. The zero-order chi connectivity index (χ0) is 12.8. The highest BCUT2D eigenvalue weighted by molar-refractivity contribution is 5.90. The molecule has 1 rings (SSSR count). The van der Waals surface area contributed by atoms with Crippen LogP contribution in [0.4, 0.5) is 0 Å². The fourth-order valence-corrected chi connectivity index (χ4v) is 1.15. The van der Waals surface area contributed by atoms with Crippen LogP contribution in [-0.4, -0.2) is 28.6 Å². The molecule has 0 saturated carbocycles. The van der Waals surface area contributed by atoms with Crippen molar-refractivity contribution in [2.45, 2.75) is 19.8 Å². The van der Waals surface area contributed by atoms with Crippen molar-refractivity contribution >= 4 is 11.9 Å². The number of aromatic amines is 1. The van der Waals surface area contributed by atoms with Crippen molar-refractivity contribution in [2.75, 3.05) is 6.61 Å². The zero-order valence-electron chi connectivity index (χ0n) is 9.36. The lowest BCUT2D eigenvalue weighted by Gasteiger charge is -2.03. The summed E-state index contributed by atoms with van der Waals surface area (Å²) in [5.41, 5.74) is -1.21. The summed E-state index contributed by atoms with van der Waals surface area (Å²) in [4.78, 5) is 35.5. The molecule has 0 aliphatic carbocycles. The number of carboxylic acids is 1. The van der Waals surface area contributed by atoms with Crippen LogP contribution in [0.25, 0.3) is 0 Å². The minimum Gasteiger partial charge on any atom is -0.477 e. The number of aromatic nitrogens is 1. The summed E-state index contributed by atoms with van der Waals surface area (Å²) < 4.78 is 4.84. The van der Waals surface area contributed by atoms with Crippen molar-refractivity contribution in [3.8, 4) is 0 Å². The molecule has 6 nitrogen and oxygen atoms in total. The van der Waals surface area contributed by atoms with Gasteiger partial charge in [0.15, 0.2) is 0 Å². The fraction of sp³-hybridized carbons (Fsp3) is 0.364. The number of carboxylic acid groups (broad SMARTS) is 1. The second-order valence-corrected chi connectivity index (χ2v) is 3.41. The van der Waals surface area contributed by atoms with Gasteiger partial charge in [-0.2, -0.15) is 0 Å². The number of carbonyl (C=O) groups excluding carboxylic acids is 1. The number of unbranched alkanes of at least 4 members (excludes halogenated alkanes) is 1. The van der Waals surface area contributed by atoms with Gasteiger partial charge in [0.1, 0.15) is 11.3 Å². The fourth-order valence-electron chi connectivity index (χ4n) is 1.15. The van der Waals surface area contributed by atoms with Gasteiger partial charge in [-0.3, -0.25) is 4.79 Å². The Morgan fingerprint density at radius 3 is 2.65 bits per heavy atom. The number of pyridine rings is 1. The SMILES string of the molecule is CCCCOC(=O)c1ccc(C(=O)O)[nH]c1=O. The summed E-state index contributed by atoms with van der Waals surface area (Å²) in [6.45, 7) is 2.19. The van der Waals surface area contributed by atoms with Gasteiger partial charge < -0.3 is 14.8 Å². The first-order valence-electron chi connectivity index (χ1n) is 5.20. The Bertz CT molecular complexity index is 477. The Labute approximate surface area is 97.2 Å². The number of aromatic carboxylic acids is 1. The molecule has 92 valence electrons. The Morgan fingerprint density at radius 1 is 1.41 bits per heavy atom. The molecule has 0 fully saturated rings. The van der Waals surface area contributed by atoms with Crippen molar-refractivity contribution < 1.29 is 19.4 Å². The normalized spacial score (nSPS) is 9.94. The summed E-state index contributed by atoms with van der Waals surface area (Å²) in [7, 11) is 0. The second kappa shape index (κ2) is 5.83. The minimum atomic E-state index is -1.26.